The van der Waals surface area contributed by atoms with Crippen LogP contribution in [0.25, 0.3) is 11.0 Å². The van der Waals surface area contributed by atoms with Gasteiger partial charge in [-0.3, -0.25) is 19.3 Å². The number of carbonyl (C=O) groups is 3. The number of hydrogen-bond donors (Lipinski definition) is 1. The summed E-state index contributed by atoms with van der Waals surface area (Å²) in [6.07, 6.45) is 0.627. The third kappa shape index (κ3) is 3.29. The van der Waals surface area contributed by atoms with Crippen molar-refractivity contribution in [2.24, 2.45) is 0 Å². The first kappa shape index (κ1) is 18.0. The summed E-state index contributed by atoms with van der Waals surface area (Å²) >= 11 is 0. The minimum Gasteiger partial charge on any atom is -0.459 e. The Morgan fingerprint density at radius 2 is 1.68 bits per heavy atom. The summed E-state index contributed by atoms with van der Waals surface area (Å²) in [5, 5.41) is 3.89. The van der Waals surface area contributed by atoms with Gasteiger partial charge in [0.25, 0.3) is 11.8 Å². The van der Waals surface area contributed by atoms with Crippen LogP contribution in [-0.2, 0) is 4.79 Å². The highest BCUT2D eigenvalue weighted by Gasteiger charge is 2.34. The molecular weight excluding hydrogens is 356 g/mol. The lowest BCUT2D eigenvalue weighted by atomic mass is 10.1. The molecule has 1 aliphatic rings. The van der Waals surface area contributed by atoms with Crippen LogP contribution in [0.15, 0.2) is 59.0 Å². The summed E-state index contributed by atoms with van der Waals surface area (Å²) in [5.74, 6) is -0.0484. The SMILES string of the molecule is C[C@@H](NC(=O)CCCN1C(=O)c2ccccc2C1=O)c1cc2ccccc2o1. The normalized spacial score (nSPS) is 14.4. The van der Waals surface area contributed by atoms with Gasteiger partial charge in [0.15, 0.2) is 0 Å². The first-order chi connectivity index (χ1) is 13.5. The van der Waals surface area contributed by atoms with E-state index in [4.69, 9.17) is 4.42 Å². The van der Waals surface area contributed by atoms with E-state index in [-0.39, 0.29) is 36.7 Å². The maximum atomic E-state index is 12.3. The zero-order valence-corrected chi connectivity index (χ0v) is 15.5. The zero-order chi connectivity index (χ0) is 19.7. The van der Waals surface area contributed by atoms with E-state index in [0.717, 1.165) is 11.0 Å². The Bertz CT molecular complexity index is 1000. The van der Waals surface area contributed by atoms with Crippen molar-refractivity contribution in [2.75, 3.05) is 6.54 Å². The molecule has 28 heavy (non-hydrogen) atoms. The topological polar surface area (TPSA) is 79.6 Å². The van der Waals surface area contributed by atoms with Crippen molar-refractivity contribution in [1.82, 2.24) is 10.2 Å². The molecule has 1 aromatic heterocycles. The highest BCUT2D eigenvalue weighted by Crippen LogP contribution is 2.24. The molecule has 1 atom stereocenters. The first-order valence-electron chi connectivity index (χ1n) is 9.27. The van der Waals surface area contributed by atoms with E-state index in [1.165, 1.54) is 4.90 Å². The summed E-state index contributed by atoms with van der Waals surface area (Å²) < 4.78 is 5.77. The van der Waals surface area contributed by atoms with E-state index in [0.29, 0.717) is 23.3 Å². The molecule has 1 aliphatic heterocycles. The summed E-state index contributed by atoms with van der Waals surface area (Å²) in [4.78, 5) is 38.1. The molecule has 0 spiro atoms. The predicted molar refractivity (Wildman–Crippen MR) is 104 cm³/mol. The fourth-order valence-corrected chi connectivity index (χ4v) is 3.44. The maximum Gasteiger partial charge on any atom is 0.261 e. The van der Waals surface area contributed by atoms with Gasteiger partial charge in [-0.2, -0.15) is 0 Å². The van der Waals surface area contributed by atoms with Gasteiger partial charge in [0.2, 0.25) is 5.91 Å². The molecule has 0 unspecified atom stereocenters. The largest absolute Gasteiger partial charge is 0.459 e. The number of para-hydroxylation sites is 1. The molecule has 4 rings (SSSR count). The molecule has 2 aromatic carbocycles. The highest BCUT2D eigenvalue weighted by atomic mass is 16.3. The molecule has 3 amide bonds. The number of fused-ring (bicyclic) bond motifs is 2. The zero-order valence-electron chi connectivity index (χ0n) is 15.5. The van der Waals surface area contributed by atoms with Crippen LogP contribution in [0, 0.1) is 0 Å². The Morgan fingerprint density at radius 3 is 2.36 bits per heavy atom. The lowest BCUT2D eigenvalue weighted by Gasteiger charge is -2.14. The molecule has 142 valence electrons. The molecule has 0 fully saturated rings. The molecule has 0 radical (unpaired) electrons. The van der Waals surface area contributed by atoms with Crippen LogP contribution in [0.4, 0.5) is 0 Å². The van der Waals surface area contributed by atoms with Gasteiger partial charge in [-0.05, 0) is 37.6 Å². The van der Waals surface area contributed by atoms with Crippen LogP contribution in [-0.4, -0.2) is 29.2 Å². The number of nitrogens with one attached hydrogen (secondary N) is 1. The molecule has 0 saturated carbocycles. The Hall–Kier alpha value is -3.41. The second kappa shape index (κ2) is 7.31. The minimum atomic E-state index is -0.295. The van der Waals surface area contributed by atoms with E-state index < -0.39 is 0 Å². The van der Waals surface area contributed by atoms with Gasteiger partial charge < -0.3 is 9.73 Å². The number of rotatable bonds is 6. The van der Waals surface area contributed by atoms with Crippen molar-refractivity contribution in [3.63, 3.8) is 0 Å². The number of carbonyl (C=O) groups excluding carboxylic acids is 3. The molecule has 6 heteroatoms. The third-order valence-corrected chi connectivity index (χ3v) is 4.91. The summed E-state index contributed by atoms with van der Waals surface area (Å²) in [7, 11) is 0. The van der Waals surface area contributed by atoms with Crippen molar-refractivity contribution in [2.45, 2.75) is 25.8 Å². The van der Waals surface area contributed by atoms with E-state index in [2.05, 4.69) is 5.32 Å². The van der Waals surface area contributed by atoms with E-state index in [9.17, 15) is 14.4 Å². The average Bonchev–Trinajstić information content (AvgIpc) is 3.23. The Balaban J connectivity index is 1.30. The smallest absolute Gasteiger partial charge is 0.261 e. The number of amides is 3. The standard InChI is InChI=1S/C22H20N2O4/c1-14(19-13-15-7-2-5-10-18(15)28-19)23-20(25)11-6-12-24-21(26)16-8-3-4-9-17(16)22(24)27/h2-5,7-10,13-14H,6,11-12H2,1H3,(H,23,25)/t14-/m1/s1. The number of hydrogen-bond acceptors (Lipinski definition) is 4. The van der Waals surface area contributed by atoms with E-state index in [1.807, 2.05) is 37.3 Å². The third-order valence-electron chi connectivity index (χ3n) is 4.91. The number of benzene rings is 2. The molecule has 1 N–H and O–H groups in total. The second-order valence-corrected chi connectivity index (χ2v) is 6.89. The second-order valence-electron chi connectivity index (χ2n) is 6.89. The van der Waals surface area contributed by atoms with Crippen molar-refractivity contribution < 1.29 is 18.8 Å². The number of imide groups is 1. The van der Waals surface area contributed by atoms with Gasteiger partial charge in [-0.15, -0.1) is 0 Å². The van der Waals surface area contributed by atoms with Gasteiger partial charge in [0.1, 0.15) is 11.3 Å². The van der Waals surface area contributed by atoms with Crippen molar-refractivity contribution in [3.8, 4) is 0 Å². The number of nitrogens with zero attached hydrogens (tertiary/aromatic N) is 1. The molecule has 6 nitrogen and oxygen atoms in total. The molecule has 3 aromatic rings. The fourth-order valence-electron chi connectivity index (χ4n) is 3.44. The van der Waals surface area contributed by atoms with Crippen LogP contribution in [0.1, 0.15) is 52.3 Å². The minimum absolute atomic E-state index is 0.149. The summed E-state index contributed by atoms with van der Waals surface area (Å²) in [6.45, 7) is 2.08. The molecular formula is C22H20N2O4. The number of furan rings is 1. The van der Waals surface area contributed by atoms with Gasteiger partial charge in [0.05, 0.1) is 17.2 Å². The van der Waals surface area contributed by atoms with E-state index in [1.54, 1.807) is 24.3 Å². The predicted octanol–water partition coefficient (Wildman–Crippen LogP) is 3.69. The molecule has 0 aliphatic carbocycles. The summed E-state index contributed by atoms with van der Waals surface area (Å²) in [6, 6.07) is 16.1. The van der Waals surface area contributed by atoms with E-state index >= 15 is 0 Å². The van der Waals surface area contributed by atoms with Crippen LogP contribution >= 0.6 is 0 Å². The quantitative estimate of drug-likeness (QED) is 0.666. The lowest BCUT2D eigenvalue weighted by molar-refractivity contribution is -0.122. The van der Waals surface area contributed by atoms with Gasteiger partial charge in [-0.1, -0.05) is 30.3 Å². The van der Waals surface area contributed by atoms with Gasteiger partial charge in [0, 0.05) is 18.4 Å². The van der Waals surface area contributed by atoms with Gasteiger partial charge >= 0.3 is 0 Å². The Kier molecular flexibility index (Phi) is 4.69. The Labute approximate surface area is 162 Å². The van der Waals surface area contributed by atoms with Crippen LogP contribution in [0.3, 0.4) is 0 Å². The van der Waals surface area contributed by atoms with Crippen molar-refractivity contribution >= 4 is 28.7 Å². The molecule has 0 saturated heterocycles. The molecule has 0 bridgehead atoms. The Morgan fingerprint density at radius 1 is 1.04 bits per heavy atom. The van der Waals surface area contributed by atoms with Crippen molar-refractivity contribution in [1.29, 1.82) is 0 Å². The van der Waals surface area contributed by atoms with Crippen LogP contribution in [0.5, 0.6) is 0 Å². The lowest BCUT2D eigenvalue weighted by Crippen LogP contribution is -2.32. The maximum absolute atomic E-state index is 12.3. The van der Waals surface area contributed by atoms with Crippen LogP contribution in [0.2, 0.25) is 0 Å². The average molecular weight is 376 g/mol. The molecule has 2 heterocycles. The summed E-state index contributed by atoms with van der Waals surface area (Å²) in [5.41, 5.74) is 1.63. The van der Waals surface area contributed by atoms with Gasteiger partial charge in [-0.25, -0.2) is 0 Å². The van der Waals surface area contributed by atoms with Crippen molar-refractivity contribution in [3.05, 3.63) is 71.5 Å². The monoisotopic (exact) mass is 376 g/mol. The highest BCUT2D eigenvalue weighted by molar-refractivity contribution is 6.21. The first-order valence-corrected chi connectivity index (χ1v) is 9.27. The fraction of sp³-hybridized carbons (Fsp3) is 0.227. The van der Waals surface area contributed by atoms with Crippen LogP contribution < -0.4 is 5.32 Å².